The van der Waals surface area contributed by atoms with Crippen LogP contribution in [0.1, 0.15) is 6.92 Å². The predicted molar refractivity (Wildman–Crippen MR) is 50.6 cm³/mol. The van der Waals surface area contributed by atoms with E-state index in [9.17, 15) is 4.79 Å². The molecule has 6 heteroatoms. The van der Waals surface area contributed by atoms with Gasteiger partial charge in [-0.1, -0.05) is 0 Å². The van der Waals surface area contributed by atoms with E-state index in [4.69, 9.17) is 4.74 Å². The van der Waals surface area contributed by atoms with E-state index in [0.29, 0.717) is 18.0 Å². The summed E-state index contributed by atoms with van der Waals surface area (Å²) in [4.78, 5) is 11.3. The lowest BCUT2D eigenvalue weighted by molar-refractivity contribution is -0.138. The summed E-state index contributed by atoms with van der Waals surface area (Å²) in [6.45, 7) is 2.05. The minimum atomic E-state index is -0.476. The van der Waals surface area contributed by atoms with E-state index in [1.54, 1.807) is 19.2 Å². The van der Waals surface area contributed by atoms with Crippen LogP contribution < -0.4 is 0 Å². The summed E-state index contributed by atoms with van der Waals surface area (Å²) in [6.07, 6.45) is 4.77. The second kappa shape index (κ2) is 3.95. The van der Waals surface area contributed by atoms with Crippen LogP contribution in [-0.2, 0) is 9.53 Å². The molecule has 0 radical (unpaired) electrons. The molecule has 0 unspecified atom stereocenters. The third-order valence-corrected chi connectivity index (χ3v) is 1.75. The third-order valence-electron chi connectivity index (χ3n) is 1.75. The standard InChI is InChI=1S/C9H8N4O2/c1-2-15-9(14)8-5-7(12-13-8)6-3-4-10-11-6/h3-5H,2H2,1H3. The summed E-state index contributed by atoms with van der Waals surface area (Å²) < 4.78 is 4.78. The summed E-state index contributed by atoms with van der Waals surface area (Å²) in [7, 11) is 0. The monoisotopic (exact) mass is 204 g/mol. The molecule has 0 aliphatic carbocycles. The Hall–Kier alpha value is -2.11. The number of hydrogen-bond donors (Lipinski definition) is 0. The first-order valence-electron chi connectivity index (χ1n) is 4.43. The van der Waals surface area contributed by atoms with Crippen LogP contribution in [0, 0.1) is 0 Å². The summed E-state index contributed by atoms with van der Waals surface area (Å²) in [5.74, 6) is -0.476. The molecular formula is C9H8N4O2. The van der Waals surface area contributed by atoms with Gasteiger partial charge in [-0.2, -0.15) is 5.11 Å². The molecule has 76 valence electrons. The topological polar surface area (TPSA) is 75.7 Å². The first-order chi connectivity index (χ1) is 7.31. The second-order valence-electron chi connectivity index (χ2n) is 2.75. The van der Waals surface area contributed by atoms with Crippen molar-refractivity contribution in [1.29, 1.82) is 0 Å². The number of nitrogens with zero attached hydrogens (tertiary/aromatic N) is 4. The zero-order chi connectivity index (χ0) is 10.7. The number of ether oxygens (including phenoxy) is 1. The normalized spacial score (nSPS) is 22.3. The molecule has 0 bridgehead atoms. The van der Waals surface area contributed by atoms with Crippen LogP contribution in [0.4, 0.5) is 0 Å². The Labute approximate surface area is 85.7 Å². The van der Waals surface area contributed by atoms with Crippen molar-refractivity contribution in [2.75, 3.05) is 6.61 Å². The van der Waals surface area contributed by atoms with Crippen LogP contribution in [0.2, 0.25) is 0 Å². The fraction of sp³-hybridized carbons (Fsp3) is 0.222. The van der Waals surface area contributed by atoms with Gasteiger partial charge >= 0.3 is 5.97 Å². The molecule has 15 heavy (non-hydrogen) atoms. The SMILES string of the molecule is CCOC(=O)C1=CC(=C2C=CN=N2)N=N1. The van der Waals surface area contributed by atoms with Gasteiger partial charge < -0.3 is 4.74 Å². The van der Waals surface area contributed by atoms with Crippen molar-refractivity contribution in [3.05, 3.63) is 35.4 Å². The minimum Gasteiger partial charge on any atom is -0.461 e. The van der Waals surface area contributed by atoms with Crippen LogP contribution in [-0.4, -0.2) is 12.6 Å². The zero-order valence-corrected chi connectivity index (χ0v) is 8.04. The number of rotatable bonds is 2. The molecule has 2 rings (SSSR count). The number of carbonyl (C=O) groups is 1. The quantitative estimate of drug-likeness (QED) is 0.645. The number of hydrogen-bond acceptors (Lipinski definition) is 6. The van der Waals surface area contributed by atoms with Gasteiger partial charge in [-0.3, -0.25) is 0 Å². The summed E-state index contributed by atoms with van der Waals surface area (Å²) in [6, 6.07) is 0. The van der Waals surface area contributed by atoms with E-state index >= 15 is 0 Å². The van der Waals surface area contributed by atoms with Gasteiger partial charge in [0.2, 0.25) is 0 Å². The highest BCUT2D eigenvalue weighted by Crippen LogP contribution is 2.23. The van der Waals surface area contributed by atoms with E-state index in [-0.39, 0.29) is 5.70 Å². The molecule has 2 heterocycles. The minimum absolute atomic E-state index is 0.190. The lowest BCUT2D eigenvalue weighted by Gasteiger charge is -1.96. The maximum atomic E-state index is 11.3. The average molecular weight is 204 g/mol. The molecule has 0 fully saturated rings. The van der Waals surface area contributed by atoms with E-state index in [0.717, 1.165) is 0 Å². The molecule has 0 amide bonds. The van der Waals surface area contributed by atoms with Gasteiger partial charge in [-0.15, -0.1) is 15.3 Å². The second-order valence-corrected chi connectivity index (χ2v) is 2.75. The van der Waals surface area contributed by atoms with Crippen LogP contribution >= 0.6 is 0 Å². The van der Waals surface area contributed by atoms with Gasteiger partial charge in [0.15, 0.2) is 5.70 Å². The Kier molecular flexibility index (Phi) is 2.49. The Morgan fingerprint density at radius 3 is 2.87 bits per heavy atom. The molecule has 2 aliphatic heterocycles. The third kappa shape index (κ3) is 1.88. The fourth-order valence-electron chi connectivity index (χ4n) is 1.09. The van der Waals surface area contributed by atoms with Crippen molar-refractivity contribution in [2.24, 2.45) is 20.5 Å². The average Bonchev–Trinajstić information content (AvgIpc) is 2.89. The van der Waals surface area contributed by atoms with Crippen molar-refractivity contribution in [3.8, 4) is 0 Å². The molecule has 0 saturated heterocycles. The number of azo groups is 2. The first kappa shape index (κ1) is 9.45. The highest BCUT2D eigenvalue weighted by molar-refractivity contribution is 5.89. The van der Waals surface area contributed by atoms with Gasteiger partial charge in [-0.25, -0.2) is 4.79 Å². The molecule has 0 aromatic carbocycles. The smallest absolute Gasteiger partial charge is 0.358 e. The highest BCUT2D eigenvalue weighted by Gasteiger charge is 2.17. The van der Waals surface area contributed by atoms with Crippen molar-refractivity contribution < 1.29 is 9.53 Å². The van der Waals surface area contributed by atoms with E-state index in [1.807, 2.05) is 0 Å². The van der Waals surface area contributed by atoms with Crippen LogP contribution in [0.15, 0.2) is 55.9 Å². The number of allylic oxidation sites excluding steroid dienone is 2. The Bertz CT molecular complexity index is 429. The predicted octanol–water partition coefficient (Wildman–Crippen LogP) is 2.09. The van der Waals surface area contributed by atoms with Crippen molar-refractivity contribution >= 4 is 5.97 Å². The van der Waals surface area contributed by atoms with Gasteiger partial charge in [0.05, 0.1) is 12.8 Å². The lowest BCUT2D eigenvalue weighted by Crippen LogP contribution is -2.04. The van der Waals surface area contributed by atoms with E-state index in [2.05, 4.69) is 20.5 Å². The molecule has 0 N–H and O–H groups in total. The van der Waals surface area contributed by atoms with Crippen LogP contribution in [0.25, 0.3) is 0 Å². The molecule has 0 saturated carbocycles. The van der Waals surface area contributed by atoms with Crippen molar-refractivity contribution in [2.45, 2.75) is 6.92 Å². The Balaban J connectivity index is 2.20. The fourth-order valence-corrected chi connectivity index (χ4v) is 1.09. The lowest BCUT2D eigenvalue weighted by atomic mass is 10.3. The molecule has 0 spiro atoms. The van der Waals surface area contributed by atoms with E-state index in [1.165, 1.54) is 6.08 Å². The van der Waals surface area contributed by atoms with Gasteiger partial charge in [0.25, 0.3) is 0 Å². The Morgan fingerprint density at radius 2 is 2.20 bits per heavy atom. The Morgan fingerprint density at radius 1 is 1.33 bits per heavy atom. The largest absolute Gasteiger partial charge is 0.461 e. The molecule has 0 atom stereocenters. The number of esters is 1. The summed E-state index contributed by atoms with van der Waals surface area (Å²) in [5.41, 5.74) is 1.31. The van der Waals surface area contributed by atoms with E-state index < -0.39 is 5.97 Å². The maximum Gasteiger partial charge on any atom is 0.358 e. The first-order valence-corrected chi connectivity index (χ1v) is 4.43. The van der Waals surface area contributed by atoms with Crippen LogP contribution in [0.3, 0.4) is 0 Å². The summed E-state index contributed by atoms with van der Waals surface area (Å²) in [5, 5.41) is 15.0. The molecule has 0 aromatic rings. The molecule has 0 aromatic heterocycles. The summed E-state index contributed by atoms with van der Waals surface area (Å²) >= 11 is 0. The maximum absolute atomic E-state index is 11.3. The molecular weight excluding hydrogens is 196 g/mol. The molecule has 6 nitrogen and oxygen atoms in total. The van der Waals surface area contributed by atoms with Gasteiger partial charge in [0, 0.05) is 6.08 Å². The highest BCUT2D eigenvalue weighted by atomic mass is 16.5. The number of carbonyl (C=O) groups excluding carboxylic acids is 1. The van der Waals surface area contributed by atoms with Gasteiger partial charge in [0.1, 0.15) is 11.4 Å². The molecule has 2 aliphatic rings. The van der Waals surface area contributed by atoms with Crippen molar-refractivity contribution in [3.63, 3.8) is 0 Å². The van der Waals surface area contributed by atoms with Crippen LogP contribution in [0.5, 0.6) is 0 Å². The zero-order valence-electron chi connectivity index (χ0n) is 8.04. The van der Waals surface area contributed by atoms with Crippen molar-refractivity contribution in [1.82, 2.24) is 0 Å². The van der Waals surface area contributed by atoms with Gasteiger partial charge in [-0.05, 0) is 13.0 Å².